The lowest BCUT2D eigenvalue weighted by atomic mass is 9.97. The molecule has 4 nitrogen and oxygen atoms in total. The van der Waals surface area contributed by atoms with Crippen molar-refractivity contribution in [3.05, 3.63) is 59.2 Å². The van der Waals surface area contributed by atoms with E-state index in [9.17, 15) is 15.0 Å². The molecule has 0 fully saturated rings. The number of hydrogen-bond donors (Lipinski definition) is 2. The second kappa shape index (κ2) is 5.54. The van der Waals surface area contributed by atoms with Crippen LogP contribution < -0.4 is 4.74 Å². The summed E-state index contributed by atoms with van der Waals surface area (Å²) in [5.41, 5.74) is 0.901. The van der Waals surface area contributed by atoms with Crippen LogP contribution in [0.5, 0.6) is 11.5 Å². The lowest BCUT2D eigenvalue weighted by Crippen LogP contribution is -2.06. The Morgan fingerprint density at radius 1 is 1.21 bits per heavy atom. The Morgan fingerprint density at radius 2 is 1.89 bits per heavy atom. The van der Waals surface area contributed by atoms with Crippen LogP contribution in [-0.4, -0.2) is 23.1 Å². The van der Waals surface area contributed by atoms with Gasteiger partial charge in [-0.3, -0.25) is 4.79 Å². The van der Waals surface area contributed by atoms with Crippen LogP contribution in [0.1, 0.15) is 21.5 Å². The van der Waals surface area contributed by atoms with Crippen LogP contribution in [0.2, 0.25) is 0 Å². The Bertz CT molecular complexity index is 591. The number of aliphatic hydroxyl groups is 1. The van der Waals surface area contributed by atoms with Crippen LogP contribution in [-0.2, 0) is 6.61 Å². The molecular weight excluding hydrogens is 244 g/mol. The monoisotopic (exact) mass is 258 g/mol. The summed E-state index contributed by atoms with van der Waals surface area (Å²) in [7, 11) is 1.45. The number of methoxy groups -OCH3 is 1. The van der Waals surface area contributed by atoms with Crippen LogP contribution in [0.3, 0.4) is 0 Å². The number of ketones is 1. The smallest absolute Gasteiger partial charge is 0.197 e. The summed E-state index contributed by atoms with van der Waals surface area (Å²) in [4.78, 5) is 12.3. The van der Waals surface area contributed by atoms with Gasteiger partial charge in [0.15, 0.2) is 5.78 Å². The van der Waals surface area contributed by atoms with Crippen LogP contribution in [0.25, 0.3) is 0 Å². The summed E-state index contributed by atoms with van der Waals surface area (Å²) < 4.78 is 5.00. The Kier molecular flexibility index (Phi) is 3.82. The Hall–Kier alpha value is -2.33. The van der Waals surface area contributed by atoms with E-state index in [1.807, 2.05) is 0 Å². The van der Waals surface area contributed by atoms with Crippen molar-refractivity contribution in [1.29, 1.82) is 0 Å². The van der Waals surface area contributed by atoms with Crippen molar-refractivity contribution < 1.29 is 19.7 Å². The highest BCUT2D eigenvalue weighted by Crippen LogP contribution is 2.30. The van der Waals surface area contributed by atoms with Crippen LogP contribution in [0, 0.1) is 0 Å². The van der Waals surface area contributed by atoms with Gasteiger partial charge in [0, 0.05) is 11.6 Å². The predicted octanol–water partition coefficient (Wildman–Crippen LogP) is 2.12. The number of benzene rings is 2. The highest BCUT2D eigenvalue weighted by atomic mass is 16.5. The molecule has 0 heterocycles. The first-order valence-corrected chi connectivity index (χ1v) is 5.78. The number of phenolic OH excluding ortho intramolecular Hbond substituents is 1. The molecule has 2 rings (SSSR count). The number of phenols is 1. The molecule has 0 aliphatic rings. The van der Waals surface area contributed by atoms with Crippen LogP contribution in [0.15, 0.2) is 42.5 Å². The van der Waals surface area contributed by atoms with Gasteiger partial charge in [-0.15, -0.1) is 0 Å². The molecule has 2 N–H and O–H groups in total. The zero-order chi connectivity index (χ0) is 13.8. The van der Waals surface area contributed by atoms with E-state index in [2.05, 4.69) is 0 Å². The van der Waals surface area contributed by atoms with E-state index < -0.39 is 0 Å². The minimum atomic E-state index is -0.349. The van der Waals surface area contributed by atoms with Crippen LogP contribution in [0.4, 0.5) is 0 Å². The highest BCUT2D eigenvalue weighted by molar-refractivity contribution is 6.11. The summed E-state index contributed by atoms with van der Waals surface area (Å²) >= 11 is 0. The number of carbonyl (C=O) groups excluding carboxylic acids is 1. The first-order valence-electron chi connectivity index (χ1n) is 5.78. The molecule has 2 aromatic carbocycles. The topological polar surface area (TPSA) is 66.8 Å². The van der Waals surface area contributed by atoms with Gasteiger partial charge in [-0.1, -0.05) is 30.3 Å². The molecule has 0 aliphatic heterocycles. The summed E-state index contributed by atoms with van der Waals surface area (Å²) in [6, 6.07) is 11.5. The van der Waals surface area contributed by atoms with E-state index >= 15 is 0 Å². The standard InChI is InChI=1S/C15H14O4/c1-19-12-7-11(9-16)14(13(17)8-12)15(18)10-5-3-2-4-6-10/h2-8,16-17H,9H2,1H3. The minimum absolute atomic E-state index is 0.106. The fourth-order valence-corrected chi connectivity index (χ4v) is 1.90. The van der Waals surface area contributed by atoms with Crippen molar-refractivity contribution in [2.24, 2.45) is 0 Å². The van der Waals surface area contributed by atoms with E-state index in [1.165, 1.54) is 19.2 Å². The lowest BCUT2D eigenvalue weighted by Gasteiger charge is -2.11. The Morgan fingerprint density at radius 3 is 2.47 bits per heavy atom. The van der Waals surface area contributed by atoms with Crippen molar-refractivity contribution in [2.45, 2.75) is 6.61 Å². The van der Waals surface area contributed by atoms with Gasteiger partial charge in [0.2, 0.25) is 0 Å². The largest absolute Gasteiger partial charge is 0.507 e. The van der Waals surface area contributed by atoms with Crippen molar-refractivity contribution >= 4 is 5.78 Å². The van der Waals surface area contributed by atoms with Crippen molar-refractivity contribution in [3.63, 3.8) is 0 Å². The number of aromatic hydroxyl groups is 1. The molecule has 0 aromatic heterocycles. The first kappa shape index (κ1) is 13.1. The second-order valence-electron chi connectivity index (χ2n) is 4.03. The Balaban J connectivity index is 2.53. The van der Waals surface area contributed by atoms with E-state index in [1.54, 1.807) is 30.3 Å². The van der Waals surface area contributed by atoms with E-state index in [-0.39, 0.29) is 23.7 Å². The maximum atomic E-state index is 12.3. The quantitative estimate of drug-likeness (QED) is 0.824. The van der Waals surface area contributed by atoms with Crippen molar-refractivity contribution in [1.82, 2.24) is 0 Å². The molecule has 0 saturated carbocycles. The van der Waals surface area contributed by atoms with E-state index in [4.69, 9.17) is 4.74 Å². The maximum Gasteiger partial charge on any atom is 0.197 e. The lowest BCUT2D eigenvalue weighted by molar-refractivity contribution is 0.103. The van der Waals surface area contributed by atoms with Gasteiger partial charge in [-0.25, -0.2) is 0 Å². The summed E-state index contributed by atoms with van der Waals surface area (Å²) in [5.74, 6) is -0.131. The van der Waals surface area contributed by atoms with Crippen LogP contribution >= 0.6 is 0 Å². The zero-order valence-electron chi connectivity index (χ0n) is 10.5. The molecule has 0 bridgehead atoms. The van der Waals surface area contributed by atoms with E-state index in [0.717, 1.165) is 0 Å². The number of aliphatic hydroxyl groups excluding tert-OH is 1. The molecular formula is C15H14O4. The number of ether oxygens (including phenoxy) is 1. The molecule has 4 heteroatoms. The zero-order valence-corrected chi connectivity index (χ0v) is 10.5. The number of carbonyl (C=O) groups is 1. The first-order chi connectivity index (χ1) is 9.17. The summed E-state index contributed by atoms with van der Waals surface area (Å²) in [5, 5.41) is 19.3. The summed E-state index contributed by atoms with van der Waals surface area (Å²) in [6.45, 7) is -0.349. The van der Waals surface area contributed by atoms with Crippen molar-refractivity contribution in [2.75, 3.05) is 7.11 Å². The normalized spacial score (nSPS) is 10.2. The number of hydrogen-bond acceptors (Lipinski definition) is 4. The van der Waals surface area contributed by atoms with Gasteiger partial charge in [-0.2, -0.15) is 0 Å². The van der Waals surface area contributed by atoms with Gasteiger partial charge in [0.05, 0.1) is 19.3 Å². The SMILES string of the molecule is COc1cc(O)c(C(=O)c2ccccc2)c(CO)c1. The van der Waals surface area contributed by atoms with E-state index in [0.29, 0.717) is 16.9 Å². The molecule has 0 atom stereocenters. The van der Waals surface area contributed by atoms with Gasteiger partial charge < -0.3 is 14.9 Å². The molecule has 0 amide bonds. The summed E-state index contributed by atoms with van der Waals surface area (Å²) in [6.07, 6.45) is 0. The van der Waals surface area contributed by atoms with Gasteiger partial charge in [0.1, 0.15) is 11.5 Å². The third-order valence-corrected chi connectivity index (χ3v) is 2.84. The van der Waals surface area contributed by atoms with Gasteiger partial charge in [0.25, 0.3) is 0 Å². The fraction of sp³-hybridized carbons (Fsp3) is 0.133. The Labute approximate surface area is 110 Å². The molecule has 98 valence electrons. The molecule has 0 radical (unpaired) electrons. The second-order valence-corrected chi connectivity index (χ2v) is 4.03. The van der Waals surface area contributed by atoms with Gasteiger partial charge in [-0.05, 0) is 11.6 Å². The van der Waals surface area contributed by atoms with Gasteiger partial charge >= 0.3 is 0 Å². The average molecular weight is 258 g/mol. The predicted molar refractivity (Wildman–Crippen MR) is 70.5 cm³/mol. The molecule has 19 heavy (non-hydrogen) atoms. The maximum absolute atomic E-state index is 12.3. The molecule has 0 saturated heterocycles. The molecule has 2 aromatic rings. The average Bonchev–Trinajstić information content (AvgIpc) is 2.46. The third-order valence-electron chi connectivity index (χ3n) is 2.84. The minimum Gasteiger partial charge on any atom is -0.507 e. The number of rotatable bonds is 4. The fourth-order valence-electron chi connectivity index (χ4n) is 1.90. The molecule has 0 unspecified atom stereocenters. The molecule has 0 aliphatic carbocycles. The van der Waals surface area contributed by atoms with Crippen molar-refractivity contribution in [3.8, 4) is 11.5 Å². The third kappa shape index (κ3) is 2.58. The highest BCUT2D eigenvalue weighted by Gasteiger charge is 2.19. The molecule has 0 spiro atoms.